The molecule has 2 fully saturated rings. The average Bonchev–Trinajstić information content (AvgIpc) is 2.84. The van der Waals surface area contributed by atoms with Crippen molar-refractivity contribution in [3.8, 4) is 5.75 Å². The Kier molecular flexibility index (Phi) is 9.36. The van der Waals surface area contributed by atoms with Crippen LogP contribution in [0.3, 0.4) is 0 Å². The molecule has 0 aromatic heterocycles. The highest BCUT2D eigenvalue weighted by Gasteiger charge is 2.51. The number of nitrogens with two attached hydrogens (primary N) is 1. The maximum Gasteiger partial charge on any atom is 0.320 e. The smallest absolute Gasteiger partial charge is 0.320 e. The largest absolute Gasteiger partial charge is 0.480 e. The van der Waals surface area contributed by atoms with Crippen LogP contribution in [-0.4, -0.2) is 127 Å². The maximum atomic E-state index is 10.9. The van der Waals surface area contributed by atoms with Crippen LogP contribution >= 0.6 is 0 Å². The summed E-state index contributed by atoms with van der Waals surface area (Å²) in [7, 11) is 0. The van der Waals surface area contributed by atoms with E-state index in [1.807, 2.05) is 0 Å². The summed E-state index contributed by atoms with van der Waals surface area (Å²) in [6.07, 6.45) is -15.5. The number of carbonyl (C=O) groups is 1. The minimum Gasteiger partial charge on any atom is -0.480 e. The zero-order chi connectivity index (χ0) is 25.9. The summed E-state index contributed by atoms with van der Waals surface area (Å²) in [5, 5.41) is 79.1. The normalized spacial score (nSPS) is 38.6. The van der Waals surface area contributed by atoms with Crippen LogP contribution in [0.15, 0.2) is 24.3 Å². The Balaban J connectivity index is 1.66. The molecule has 0 aliphatic carbocycles. The lowest BCUT2D eigenvalue weighted by Crippen LogP contribution is -2.65. The molecular formula is C21H31NO13. The van der Waals surface area contributed by atoms with E-state index in [9.17, 15) is 40.5 Å². The average molecular weight is 505 g/mol. The predicted octanol–water partition coefficient (Wildman–Crippen LogP) is -4.36. The van der Waals surface area contributed by atoms with Gasteiger partial charge < -0.3 is 65.5 Å². The third-order valence-electron chi connectivity index (χ3n) is 5.91. The second-order valence-electron chi connectivity index (χ2n) is 8.42. The molecule has 11 atom stereocenters. The van der Waals surface area contributed by atoms with E-state index >= 15 is 0 Å². The molecule has 198 valence electrons. The number of carboxylic acids is 1. The van der Waals surface area contributed by atoms with E-state index in [1.54, 1.807) is 12.1 Å². The zero-order valence-corrected chi connectivity index (χ0v) is 18.5. The summed E-state index contributed by atoms with van der Waals surface area (Å²) in [5.41, 5.74) is 6.13. The van der Waals surface area contributed by atoms with Crippen LogP contribution in [-0.2, 0) is 25.4 Å². The fraction of sp³-hybridized carbons (Fsp3) is 0.667. The van der Waals surface area contributed by atoms with Gasteiger partial charge in [0.15, 0.2) is 6.29 Å². The Hall–Kier alpha value is -1.95. The monoisotopic (exact) mass is 505 g/mol. The number of ether oxygens (including phenoxy) is 4. The summed E-state index contributed by atoms with van der Waals surface area (Å²) >= 11 is 0. The first kappa shape index (κ1) is 27.6. The first-order valence-electron chi connectivity index (χ1n) is 10.9. The minimum atomic E-state index is -1.77. The Morgan fingerprint density at radius 1 is 0.857 bits per heavy atom. The number of rotatable bonds is 9. The number of aliphatic hydroxyl groups is 7. The van der Waals surface area contributed by atoms with Gasteiger partial charge in [0.05, 0.1) is 13.2 Å². The van der Waals surface area contributed by atoms with Crippen LogP contribution in [0.1, 0.15) is 5.56 Å². The van der Waals surface area contributed by atoms with Crippen molar-refractivity contribution < 1.29 is 64.6 Å². The van der Waals surface area contributed by atoms with Gasteiger partial charge in [-0.25, -0.2) is 0 Å². The van der Waals surface area contributed by atoms with Gasteiger partial charge >= 0.3 is 5.97 Å². The van der Waals surface area contributed by atoms with Gasteiger partial charge in [-0.05, 0) is 24.1 Å². The van der Waals surface area contributed by atoms with Gasteiger partial charge in [0.2, 0.25) is 6.29 Å². The van der Waals surface area contributed by atoms with Gasteiger partial charge in [-0.2, -0.15) is 0 Å². The van der Waals surface area contributed by atoms with E-state index < -0.39 is 86.6 Å². The molecule has 2 heterocycles. The van der Waals surface area contributed by atoms with Gasteiger partial charge in [0.1, 0.15) is 60.6 Å². The van der Waals surface area contributed by atoms with E-state index in [0.29, 0.717) is 5.56 Å². The number of hydrogen-bond donors (Lipinski definition) is 9. The van der Waals surface area contributed by atoms with Crippen molar-refractivity contribution in [3.63, 3.8) is 0 Å². The predicted molar refractivity (Wildman–Crippen MR) is 113 cm³/mol. The standard InChI is InChI=1S/C21H31NO13/c22-10(19(30)31)5-8-1-3-9(4-2-8)32-20-17(29)15(27)18(12(7-24)34-20)35-21-16(28)14(26)13(25)11(6-23)33-21/h1-4,10-18,20-21,23-29H,5-7,22H2,(H,30,31)/t10?,11-,12-,13+,14+,15-,16-,17-,18-,20?,21+/m1/s1. The number of hydrogen-bond acceptors (Lipinski definition) is 13. The molecule has 0 spiro atoms. The van der Waals surface area contributed by atoms with Crippen LogP contribution < -0.4 is 10.5 Å². The van der Waals surface area contributed by atoms with Gasteiger partial charge in [0, 0.05) is 0 Å². The van der Waals surface area contributed by atoms with Gasteiger partial charge in [-0.1, -0.05) is 12.1 Å². The van der Waals surface area contributed by atoms with Crippen molar-refractivity contribution >= 4 is 5.97 Å². The second kappa shape index (κ2) is 11.9. The fourth-order valence-corrected chi connectivity index (χ4v) is 3.83. The molecule has 2 saturated heterocycles. The first-order chi connectivity index (χ1) is 16.6. The third kappa shape index (κ3) is 6.25. The second-order valence-corrected chi connectivity index (χ2v) is 8.42. The maximum absolute atomic E-state index is 10.9. The van der Waals surface area contributed by atoms with Crippen molar-refractivity contribution in [2.75, 3.05) is 13.2 Å². The van der Waals surface area contributed by atoms with Crippen LogP contribution in [0, 0.1) is 0 Å². The molecule has 2 aliphatic heterocycles. The van der Waals surface area contributed by atoms with Gasteiger partial charge in [-0.3, -0.25) is 4.79 Å². The summed E-state index contributed by atoms with van der Waals surface area (Å²) in [4.78, 5) is 10.9. The van der Waals surface area contributed by atoms with Crippen LogP contribution in [0.4, 0.5) is 0 Å². The van der Waals surface area contributed by atoms with E-state index in [2.05, 4.69) is 0 Å². The van der Waals surface area contributed by atoms with E-state index in [-0.39, 0.29) is 12.2 Å². The highest BCUT2D eigenvalue weighted by molar-refractivity contribution is 5.73. The molecule has 35 heavy (non-hydrogen) atoms. The lowest BCUT2D eigenvalue weighted by Gasteiger charge is -2.45. The first-order valence-corrected chi connectivity index (χ1v) is 10.9. The molecule has 1 aromatic rings. The van der Waals surface area contributed by atoms with Gasteiger partial charge in [-0.15, -0.1) is 0 Å². The zero-order valence-electron chi connectivity index (χ0n) is 18.5. The SMILES string of the molecule is NC(Cc1ccc(OC2O[C@H](CO)[C@@H](O[C@@H]3O[C@H](CO)[C@H](O)[C@H](O)[C@H]3O)[C@H](O)[C@H]2O)cc1)C(=O)O. The van der Waals surface area contributed by atoms with Crippen molar-refractivity contribution in [2.45, 2.75) is 73.9 Å². The van der Waals surface area contributed by atoms with Crippen LogP contribution in [0.5, 0.6) is 5.75 Å². The minimum absolute atomic E-state index is 0.0838. The highest BCUT2D eigenvalue weighted by Crippen LogP contribution is 2.30. The van der Waals surface area contributed by atoms with Crippen molar-refractivity contribution in [1.29, 1.82) is 0 Å². The van der Waals surface area contributed by atoms with Crippen molar-refractivity contribution in [2.24, 2.45) is 5.73 Å². The van der Waals surface area contributed by atoms with Crippen molar-refractivity contribution in [3.05, 3.63) is 29.8 Å². The number of carboxylic acid groups (broad SMARTS) is 1. The molecule has 2 aliphatic rings. The third-order valence-corrected chi connectivity index (χ3v) is 5.91. The molecule has 0 radical (unpaired) electrons. The Bertz CT molecular complexity index is 822. The summed E-state index contributed by atoms with van der Waals surface area (Å²) < 4.78 is 21.8. The summed E-state index contributed by atoms with van der Waals surface area (Å²) in [6, 6.07) is 5.02. The van der Waals surface area contributed by atoms with E-state index in [0.717, 1.165) is 0 Å². The molecule has 1 aromatic carbocycles. The Morgan fingerprint density at radius 2 is 1.43 bits per heavy atom. The topological polar surface area (TPSA) is 242 Å². The molecule has 0 saturated carbocycles. The van der Waals surface area contributed by atoms with E-state index in [1.165, 1.54) is 12.1 Å². The van der Waals surface area contributed by atoms with E-state index in [4.69, 9.17) is 29.8 Å². The quantitative estimate of drug-likeness (QED) is 0.154. The molecule has 14 heteroatoms. The number of aliphatic hydroxyl groups excluding tert-OH is 7. The molecular weight excluding hydrogens is 474 g/mol. The highest BCUT2D eigenvalue weighted by atomic mass is 16.7. The lowest BCUT2D eigenvalue weighted by atomic mass is 9.97. The summed E-state index contributed by atoms with van der Waals surface area (Å²) in [6.45, 7) is -1.39. The summed E-state index contributed by atoms with van der Waals surface area (Å²) in [5.74, 6) is -0.938. The Morgan fingerprint density at radius 3 is 2.00 bits per heavy atom. The Labute approximate surface area is 199 Å². The number of aliphatic carboxylic acids is 1. The molecule has 3 rings (SSSR count). The fourth-order valence-electron chi connectivity index (χ4n) is 3.83. The van der Waals surface area contributed by atoms with Crippen molar-refractivity contribution in [1.82, 2.24) is 0 Å². The number of benzene rings is 1. The van der Waals surface area contributed by atoms with Crippen LogP contribution in [0.25, 0.3) is 0 Å². The van der Waals surface area contributed by atoms with Gasteiger partial charge in [0.25, 0.3) is 0 Å². The molecule has 0 bridgehead atoms. The molecule has 14 nitrogen and oxygen atoms in total. The molecule has 0 amide bonds. The molecule has 2 unspecified atom stereocenters. The lowest BCUT2D eigenvalue weighted by molar-refractivity contribution is -0.352. The molecule has 10 N–H and O–H groups in total. The van der Waals surface area contributed by atoms with Crippen LogP contribution in [0.2, 0.25) is 0 Å².